The van der Waals surface area contributed by atoms with Crippen molar-refractivity contribution in [1.82, 2.24) is 15.1 Å². The zero-order chi connectivity index (χ0) is 17.5. The zero-order valence-corrected chi connectivity index (χ0v) is 17.1. The van der Waals surface area contributed by atoms with Gasteiger partial charge in [-0.2, -0.15) is 0 Å². The summed E-state index contributed by atoms with van der Waals surface area (Å²) in [7, 11) is 2.36. The average molecular weight is 338 g/mol. The Kier molecular flexibility index (Phi) is 8.53. The van der Waals surface area contributed by atoms with Gasteiger partial charge in [-0.25, -0.2) is 0 Å². The monoisotopic (exact) mass is 337 g/mol. The van der Waals surface area contributed by atoms with E-state index in [0.717, 1.165) is 23.8 Å². The third-order valence-electron chi connectivity index (χ3n) is 5.89. The molecule has 1 N–H and O–H groups in total. The highest BCUT2D eigenvalue weighted by Crippen LogP contribution is 2.26. The molecule has 3 heteroatoms. The second-order valence-electron chi connectivity index (χ2n) is 9.40. The van der Waals surface area contributed by atoms with Crippen molar-refractivity contribution in [2.24, 2.45) is 17.8 Å². The van der Waals surface area contributed by atoms with Crippen molar-refractivity contribution >= 4 is 0 Å². The molecule has 2 aliphatic rings. The van der Waals surface area contributed by atoms with Gasteiger partial charge in [-0.15, -0.1) is 0 Å². The molecule has 2 rings (SSSR count). The molecule has 3 nitrogen and oxygen atoms in total. The molecule has 24 heavy (non-hydrogen) atoms. The molecule has 0 spiro atoms. The summed E-state index contributed by atoms with van der Waals surface area (Å²) >= 11 is 0. The lowest BCUT2D eigenvalue weighted by Crippen LogP contribution is -2.41. The first-order chi connectivity index (χ1) is 11.4. The smallest absolute Gasteiger partial charge is 0.00696 e. The van der Waals surface area contributed by atoms with Crippen molar-refractivity contribution in [3.63, 3.8) is 0 Å². The van der Waals surface area contributed by atoms with Gasteiger partial charge in [0.2, 0.25) is 0 Å². The van der Waals surface area contributed by atoms with E-state index in [1.807, 2.05) is 0 Å². The molecule has 1 aliphatic carbocycles. The number of nitrogens with zero attached hydrogens (tertiary/aromatic N) is 2. The van der Waals surface area contributed by atoms with Crippen LogP contribution in [0.4, 0.5) is 0 Å². The molecule has 1 saturated heterocycles. The van der Waals surface area contributed by atoms with Crippen LogP contribution in [0.15, 0.2) is 0 Å². The van der Waals surface area contributed by atoms with Gasteiger partial charge in [0, 0.05) is 31.7 Å². The SMILES string of the molecule is CC(C)CN1CCC(CN(C)CC2CCC(NC(C)C)CC2)CC1. The van der Waals surface area contributed by atoms with Crippen LogP contribution in [-0.4, -0.2) is 61.7 Å². The first-order valence-electron chi connectivity index (χ1n) is 10.6. The highest BCUT2D eigenvalue weighted by molar-refractivity contribution is 4.81. The maximum atomic E-state index is 3.72. The Morgan fingerprint density at radius 3 is 1.92 bits per heavy atom. The van der Waals surface area contributed by atoms with Gasteiger partial charge >= 0.3 is 0 Å². The molecular formula is C21H43N3. The molecule has 0 atom stereocenters. The Morgan fingerprint density at radius 2 is 1.42 bits per heavy atom. The Labute approximate surface area is 151 Å². The van der Waals surface area contributed by atoms with E-state index in [4.69, 9.17) is 0 Å². The average Bonchev–Trinajstić information content (AvgIpc) is 2.50. The molecule has 0 aromatic rings. The van der Waals surface area contributed by atoms with Crippen LogP contribution in [0.5, 0.6) is 0 Å². The predicted octanol–water partition coefficient (Wildman–Crippen LogP) is 3.84. The summed E-state index contributed by atoms with van der Waals surface area (Å²) in [5, 5.41) is 3.72. The summed E-state index contributed by atoms with van der Waals surface area (Å²) in [5.41, 5.74) is 0. The normalized spacial score (nSPS) is 27.5. The molecule has 0 radical (unpaired) electrons. The third-order valence-corrected chi connectivity index (χ3v) is 5.89. The van der Waals surface area contributed by atoms with Crippen LogP contribution in [0.2, 0.25) is 0 Å². The van der Waals surface area contributed by atoms with Gasteiger partial charge in [-0.3, -0.25) is 0 Å². The second kappa shape index (κ2) is 10.1. The van der Waals surface area contributed by atoms with E-state index in [1.165, 1.54) is 71.2 Å². The number of likely N-dealkylation sites (tertiary alicyclic amines) is 1. The largest absolute Gasteiger partial charge is 0.312 e. The third kappa shape index (κ3) is 7.41. The predicted molar refractivity (Wildman–Crippen MR) is 106 cm³/mol. The Balaban J connectivity index is 1.60. The molecule has 2 fully saturated rings. The number of hydrogen-bond acceptors (Lipinski definition) is 3. The summed E-state index contributed by atoms with van der Waals surface area (Å²) in [6.07, 6.45) is 8.40. The molecule has 0 bridgehead atoms. The quantitative estimate of drug-likeness (QED) is 0.726. The van der Waals surface area contributed by atoms with Crippen molar-refractivity contribution in [1.29, 1.82) is 0 Å². The number of nitrogens with one attached hydrogen (secondary N) is 1. The van der Waals surface area contributed by atoms with Crippen molar-refractivity contribution in [2.45, 2.75) is 78.3 Å². The van der Waals surface area contributed by atoms with Gasteiger partial charge in [-0.05, 0) is 76.4 Å². The van der Waals surface area contributed by atoms with E-state index in [9.17, 15) is 0 Å². The molecular weight excluding hydrogens is 294 g/mol. The topological polar surface area (TPSA) is 18.5 Å². The van der Waals surface area contributed by atoms with Gasteiger partial charge < -0.3 is 15.1 Å². The molecule has 1 aliphatic heterocycles. The molecule has 1 saturated carbocycles. The Morgan fingerprint density at radius 1 is 0.875 bits per heavy atom. The maximum absolute atomic E-state index is 3.72. The molecule has 0 unspecified atom stereocenters. The fourth-order valence-corrected chi connectivity index (χ4v) is 4.81. The van der Waals surface area contributed by atoms with Crippen LogP contribution in [0, 0.1) is 17.8 Å². The first kappa shape index (κ1) is 20.2. The Hall–Kier alpha value is -0.120. The van der Waals surface area contributed by atoms with E-state index in [0.29, 0.717) is 6.04 Å². The van der Waals surface area contributed by atoms with Crippen LogP contribution in [-0.2, 0) is 0 Å². The Bertz CT molecular complexity index is 294. The van der Waals surface area contributed by atoms with Gasteiger partial charge in [0.05, 0.1) is 0 Å². The van der Waals surface area contributed by atoms with Crippen LogP contribution < -0.4 is 5.32 Å². The summed E-state index contributed by atoms with van der Waals surface area (Å²) < 4.78 is 0. The van der Waals surface area contributed by atoms with Gasteiger partial charge in [-0.1, -0.05) is 27.7 Å². The number of hydrogen-bond donors (Lipinski definition) is 1. The fourth-order valence-electron chi connectivity index (χ4n) is 4.81. The van der Waals surface area contributed by atoms with Crippen molar-refractivity contribution in [3.05, 3.63) is 0 Å². The summed E-state index contributed by atoms with van der Waals surface area (Å²) in [5.74, 6) is 2.67. The first-order valence-corrected chi connectivity index (χ1v) is 10.6. The van der Waals surface area contributed by atoms with Crippen LogP contribution >= 0.6 is 0 Å². The minimum Gasteiger partial charge on any atom is -0.312 e. The van der Waals surface area contributed by atoms with E-state index in [-0.39, 0.29) is 0 Å². The lowest BCUT2D eigenvalue weighted by atomic mass is 9.85. The maximum Gasteiger partial charge on any atom is 0.00696 e. The van der Waals surface area contributed by atoms with Gasteiger partial charge in [0.1, 0.15) is 0 Å². The minimum atomic E-state index is 0.635. The highest BCUT2D eigenvalue weighted by atomic mass is 15.1. The lowest BCUT2D eigenvalue weighted by molar-refractivity contribution is 0.130. The van der Waals surface area contributed by atoms with Crippen molar-refractivity contribution in [3.8, 4) is 0 Å². The fraction of sp³-hybridized carbons (Fsp3) is 1.00. The molecule has 0 aromatic heterocycles. The van der Waals surface area contributed by atoms with Crippen LogP contribution in [0.3, 0.4) is 0 Å². The minimum absolute atomic E-state index is 0.635. The standard InChI is InChI=1S/C21H43N3/c1-17(2)14-24-12-10-20(11-13-24)16-23(5)15-19-6-8-21(9-7-19)22-18(3)4/h17-22H,6-16H2,1-5H3. The van der Waals surface area contributed by atoms with E-state index < -0.39 is 0 Å². The zero-order valence-electron chi connectivity index (χ0n) is 17.1. The van der Waals surface area contributed by atoms with E-state index in [1.54, 1.807) is 0 Å². The summed E-state index contributed by atoms with van der Waals surface area (Å²) in [4.78, 5) is 5.31. The molecule has 142 valence electrons. The van der Waals surface area contributed by atoms with E-state index >= 15 is 0 Å². The molecule has 0 amide bonds. The van der Waals surface area contributed by atoms with Crippen LogP contribution in [0.25, 0.3) is 0 Å². The van der Waals surface area contributed by atoms with Crippen LogP contribution in [0.1, 0.15) is 66.2 Å². The van der Waals surface area contributed by atoms with Crippen molar-refractivity contribution in [2.75, 3.05) is 39.8 Å². The number of rotatable bonds is 8. The lowest BCUT2D eigenvalue weighted by Gasteiger charge is -2.36. The van der Waals surface area contributed by atoms with Gasteiger partial charge in [0.15, 0.2) is 0 Å². The summed E-state index contributed by atoms with van der Waals surface area (Å²) in [6.45, 7) is 15.8. The summed E-state index contributed by atoms with van der Waals surface area (Å²) in [6, 6.07) is 1.41. The van der Waals surface area contributed by atoms with Gasteiger partial charge in [0.25, 0.3) is 0 Å². The second-order valence-corrected chi connectivity index (χ2v) is 9.40. The molecule has 1 heterocycles. The molecule has 0 aromatic carbocycles. The van der Waals surface area contributed by atoms with E-state index in [2.05, 4.69) is 49.9 Å². The van der Waals surface area contributed by atoms with Crippen molar-refractivity contribution < 1.29 is 0 Å². The number of piperidine rings is 1. The highest BCUT2D eigenvalue weighted by Gasteiger charge is 2.24.